The molecule has 3 aromatic rings. The van der Waals surface area contributed by atoms with Crippen LogP contribution in [0.4, 0.5) is 0 Å². The van der Waals surface area contributed by atoms with Crippen molar-refractivity contribution in [3.8, 4) is 0 Å². The molecule has 1 saturated heterocycles. The van der Waals surface area contributed by atoms with Crippen LogP contribution in [-0.2, 0) is 22.2 Å². The van der Waals surface area contributed by atoms with Crippen molar-refractivity contribution in [2.24, 2.45) is 0 Å². The second-order valence-corrected chi connectivity index (χ2v) is 8.33. The number of pyridine rings is 2. The molecule has 0 spiro atoms. The van der Waals surface area contributed by atoms with Gasteiger partial charge in [0.25, 0.3) is 0 Å². The zero-order valence-corrected chi connectivity index (χ0v) is 17.1. The van der Waals surface area contributed by atoms with Gasteiger partial charge in [0.05, 0.1) is 22.2 Å². The molecule has 0 radical (unpaired) electrons. The van der Waals surface area contributed by atoms with E-state index in [9.17, 15) is 0 Å². The van der Waals surface area contributed by atoms with Crippen LogP contribution in [-0.4, -0.2) is 28.3 Å². The molecule has 0 saturated carbocycles. The molecule has 4 rings (SSSR count). The normalized spacial score (nSPS) is 18.5. The molecule has 0 aliphatic carbocycles. The van der Waals surface area contributed by atoms with Gasteiger partial charge in [-0.3, -0.25) is 9.97 Å². The summed E-state index contributed by atoms with van der Waals surface area (Å²) in [7, 11) is -0.405. The summed E-state index contributed by atoms with van der Waals surface area (Å²) in [6.07, 6.45) is 1.76. The zero-order chi connectivity index (χ0) is 19.4. The summed E-state index contributed by atoms with van der Waals surface area (Å²) in [5, 5.41) is 2.17. The molecule has 140 valence electrons. The van der Waals surface area contributed by atoms with Gasteiger partial charge in [-0.05, 0) is 58.1 Å². The van der Waals surface area contributed by atoms with Crippen LogP contribution < -0.4 is 5.46 Å². The number of hydrogen-bond acceptors (Lipinski definition) is 4. The van der Waals surface area contributed by atoms with Crippen LogP contribution in [0.25, 0.3) is 21.8 Å². The van der Waals surface area contributed by atoms with Crippen LogP contribution in [0.3, 0.4) is 0 Å². The lowest BCUT2D eigenvalue weighted by atomic mass is 9.76. The molecular formula is C22H27BN2O2. The van der Waals surface area contributed by atoms with E-state index in [1.165, 1.54) is 0 Å². The summed E-state index contributed by atoms with van der Waals surface area (Å²) in [5.41, 5.74) is 4.31. The van der Waals surface area contributed by atoms with E-state index in [-0.39, 0.29) is 11.2 Å². The first-order valence-corrected chi connectivity index (χ1v) is 9.83. The molecular weight excluding hydrogens is 335 g/mol. The molecule has 0 unspecified atom stereocenters. The van der Waals surface area contributed by atoms with Crippen molar-refractivity contribution < 1.29 is 9.31 Å². The van der Waals surface area contributed by atoms with E-state index in [4.69, 9.17) is 19.3 Å². The van der Waals surface area contributed by atoms with Crippen LogP contribution in [0.1, 0.15) is 52.9 Å². The third-order valence-electron chi connectivity index (χ3n) is 6.01. The molecule has 1 aliphatic heterocycles. The van der Waals surface area contributed by atoms with Gasteiger partial charge < -0.3 is 9.31 Å². The molecule has 1 aromatic carbocycles. The second kappa shape index (κ2) is 6.28. The first-order valence-electron chi connectivity index (χ1n) is 9.83. The Morgan fingerprint density at radius 2 is 1.41 bits per heavy atom. The van der Waals surface area contributed by atoms with Crippen molar-refractivity contribution >= 4 is 34.4 Å². The minimum Gasteiger partial charge on any atom is -0.399 e. The smallest absolute Gasteiger partial charge is 0.399 e. The van der Waals surface area contributed by atoms with E-state index < -0.39 is 7.12 Å². The molecule has 5 heteroatoms. The standard InChI is InChI=1S/C22H27BN2O2/c1-7-15-11-9-14-10-12-17-18(23-26-21(3,4)22(5,6)27-23)13-16(8-2)25-20(17)19(14)24-15/h9-13H,7-8H2,1-6H3. The molecule has 0 atom stereocenters. The predicted octanol–water partition coefficient (Wildman–Crippen LogP) is 4.21. The van der Waals surface area contributed by atoms with Gasteiger partial charge in [-0.2, -0.15) is 0 Å². The largest absolute Gasteiger partial charge is 0.495 e. The zero-order valence-electron chi connectivity index (χ0n) is 17.1. The van der Waals surface area contributed by atoms with Crippen molar-refractivity contribution in [3.63, 3.8) is 0 Å². The summed E-state index contributed by atoms with van der Waals surface area (Å²) >= 11 is 0. The molecule has 27 heavy (non-hydrogen) atoms. The van der Waals surface area contributed by atoms with E-state index in [1.54, 1.807) is 0 Å². The highest BCUT2D eigenvalue weighted by molar-refractivity contribution is 6.65. The Morgan fingerprint density at radius 1 is 0.815 bits per heavy atom. The predicted molar refractivity (Wildman–Crippen MR) is 112 cm³/mol. The van der Waals surface area contributed by atoms with Crippen LogP contribution in [0, 0.1) is 0 Å². The molecule has 3 heterocycles. The second-order valence-electron chi connectivity index (χ2n) is 8.33. The maximum absolute atomic E-state index is 6.34. The maximum Gasteiger partial charge on any atom is 0.495 e. The van der Waals surface area contributed by atoms with Gasteiger partial charge in [0, 0.05) is 22.2 Å². The third-order valence-corrected chi connectivity index (χ3v) is 6.01. The molecule has 0 amide bonds. The molecule has 1 aliphatic rings. The van der Waals surface area contributed by atoms with Gasteiger partial charge in [-0.25, -0.2) is 0 Å². The number of benzene rings is 1. The van der Waals surface area contributed by atoms with Crippen molar-refractivity contribution in [1.82, 2.24) is 9.97 Å². The minimum absolute atomic E-state index is 0.371. The van der Waals surface area contributed by atoms with E-state index >= 15 is 0 Å². The van der Waals surface area contributed by atoms with Gasteiger partial charge in [0.15, 0.2) is 0 Å². The van der Waals surface area contributed by atoms with Gasteiger partial charge >= 0.3 is 7.12 Å². The molecule has 0 N–H and O–H groups in total. The average molecular weight is 362 g/mol. The third kappa shape index (κ3) is 2.93. The van der Waals surface area contributed by atoms with E-state index in [1.807, 2.05) is 0 Å². The van der Waals surface area contributed by atoms with Crippen molar-refractivity contribution in [1.29, 1.82) is 0 Å². The van der Waals surface area contributed by atoms with Crippen LogP contribution >= 0.6 is 0 Å². The Morgan fingerprint density at radius 3 is 2.04 bits per heavy atom. The van der Waals surface area contributed by atoms with Crippen LogP contribution in [0.2, 0.25) is 0 Å². The van der Waals surface area contributed by atoms with E-state index in [0.29, 0.717) is 0 Å². The van der Waals surface area contributed by atoms with Crippen molar-refractivity contribution in [2.45, 2.75) is 65.6 Å². The van der Waals surface area contributed by atoms with Crippen LogP contribution in [0.15, 0.2) is 30.3 Å². The summed E-state index contributed by atoms with van der Waals surface area (Å²) in [4.78, 5) is 9.81. The highest BCUT2D eigenvalue weighted by Gasteiger charge is 2.52. The average Bonchev–Trinajstić information content (AvgIpc) is 2.87. The Bertz CT molecular complexity index is 1010. The topological polar surface area (TPSA) is 44.2 Å². The first kappa shape index (κ1) is 18.4. The lowest BCUT2D eigenvalue weighted by Gasteiger charge is -2.32. The maximum atomic E-state index is 6.34. The number of nitrogens with zero attached hydrogens (tertiary/aromatic N) is 2. The van der Waals surface area contributed by atoms with E-state index in [0.717, 1.165) is 51.5 Å². The lowest BCUT2D eigenvalue weighted by Crippen LogP contribution is -2.41. The van der Waals surface area contributed by atoms with Gasteiger partial charge in [-0.1, -0.05) is 32.0 Å². The lowest BCUT2D eigenvalue weighted by molar-refractivity contribution is 0.00578. The fraction of sp³-hybridized carbons (Fsp3) is 0.455. The first-order chi connectivity index (χ1) is 12.8. The Kier molecular flexibility index (Phi) is 4.28. The Labute approximate surface area is 161 Å². The monoisotopic (exact) mass is 362 g/mol. The molecule has 2 aromatic heterocycles. The molecule has 0 bridgehead atoms. The number of aryl methyl sites for hydroxylation is 2. The van der Waals surface area contributed by atoms with Crippen LogP contribution in [0.5, 0.6) is 0 Å². The molecule has 1 fully saturated rings. The summed E-state index contributed by atoms with van der Waals surface area (Å²) < 4.78 is 12.7. The van der Waals surface area contributed by atoms with Gasteiger partial charge in [0.1, 0.15) is 0 Å². The van der Waals surface area contributed by atoms with Crippen molar-refractivity contribution in [2.75, 3.05) is 0 Å². The summed E-state index contributed by atoms with van der Waals surface area (Å²) in [5.74, 6) is 0. The van der Waals surface area contributed by atoms with Crippen molar-refractivity contribution in [3.05, 3.63) is 41.7 Å². The highest BCUT2D eigenvalue weighted by Crippen LogP contribution is 2.37. The summed E-state index contributed by atoms with van der Waals surface area (Å²) in [6, 6.07) is 10.6. The SMILES string of the molecule is CCc1ccc2ccc3c(B4OC(C)(C)C(C)(C)O4)cc(CC)nc3c2n1. The highest BCUT2D eigenvalue weighted by atomic mass is 16.7. The minimum atomic E-state index is -0.405. The Balaban J connectivity index is 1.97. The van der Waals surface area contributed by atoms with Gasteiger partial charge in [0.2, 0.25) is 0 Å². The Hall–Kier alpha value is -1.98. The number of rotatable bonds is 3. The number of fused-ring (bicyclic) bond motifs is 3. The van der Waals surface area contributed by atoms with E-state index in [2.05, 4.69) is 71.9 Å². The van der Waals surface area contributed by atoms with Gasteiger partial charge in [-0.15, -0.1) is 0 Å². The quantitative estimate of drug-likeness (QED) is 0.517. The fourth-order valence-corrected chi connectivity index (χ4v) is 3.54. The number of aromatic nitrogens is 2. The summed E-state index contributed by atoms with van der Waals surface area (Å²) in [6.45, 7) is 12.6. The molecule has 4 nitrogen and oxygen atoms in total. The number of hydrogen-bond donors (Lipinski definition) is 0. The fourth-order valence-electron chi connectivity index (χ4n) is 3.54.